The van der Waals surface area contributed by atoms with Crippen LogP contribution in [0.3, 0.4) is 0 Å². The number of aliphatic hydroxyl groups excluding tert-OH is 1. The Hall–Kier alpha value is -4.54. The number of rotatable bonds is 72. The van der Waals surface area contributed by atoms with Crippen LogP contribution in [0.15, 0.2) is 122 Å². The molecule has 3 N–H and O–H groups in total. The molecule has 0 saturated heterocycles. The van der Waals surface area contributed by atoms with E-state index >= 15 is 0 Å². The summed E-state index contributed by atoms with van der Waals surface area (Å²) in [6, 6.07) is 0. The first kappa shape index (κ1) is 95.5. The summed E-state index contributed by atoms with van der Waals surface area (Å²) < 4.78 is 68.4. The molecule has 0 aliphatic carbocycles. The van der Waals surface area contributed by atoms with Crippen LogP contribution in [-0.4, -0.2) is 96.7 Å². The molecule has 0 aromatic rings. The van der Waals surface area contributed by atoms with Crippen molar-refractivity contribution in [2.45, 2.75) is 329 Å². The van der Waals surface area contributed by atoms with Crippen molar-refractivity contribution in [3.8, 4) is 0 Å². The molecule has 0 radical (unpaired) electrons. The van der Waals surface area contributed by atoms with Gasteiger partial charge in [0.15, 0.2) is 12.2 Å². The van der Waals surface area contributed by atoms with E-state index in [2.05, 4.69) is 131 Å². The number of esters is 4. The predicted octanol–water partition coefficient (Wildman–Crippen LogP) is 22.3. The van der Waals surface area contributed by atoms with Gasteiger partial charge in [-0.1, -0.05) is 258 Å². The van der Waals surface area contributed by atoms with Gasteiger partial charge in [-0.3, -0.25) is 37.3 Å². The fourth-order valence-corrected chi connectivity index (χ4v) is 11.5. The van der Waals surface area contributed by atoms with Crippen LogP contribution in [0.5, 0.6) is 0 Å². The molecular weight excluding hydrogens is 1310 g/mol. The fourth-order valence-electron chi connectivity index (χ4n) is 9.97. The van der Waals surface area contributed by atoms with Gasteiger partial charge in [0.1, 0.15) is 19.3 Å². The van der Waals surface area contributed by atoms with Gasteiger partial charge >= 0.3 is 39.5 Å². The summed E-state index contributed by atoms with van der Waals surface area (Å²) in [5, 5.41) is 10.6. The fraction of sp³-hybridized carbons (Fsp3) is 0.704. The number of ether oxygens (including phenoxy) is 4. The van der Waals surface area contributed by atoms with Gasteiger partial charge in [-0.15, -0.1) is 0 Å². The van der Waals surface area contributed by atoms with Crippen molar-refractivity contribution in [3.63, 3.8) is 0 Å². The maximum absolute atomic E-state index is 13.1. The second-order valence-electron chi connectivity index (χ2n) is 25.6. The quantitative estimate of drug-likeness (QED) is 0.0169. The third-order valence-electron chi connectivity index (χ3n) is 15.9. The summed E-state index contributed by atoms with van der Waals surface area (Å²) in [6.07, 6.45) is 79.1. The third kappa shape index (κ3) is 71.8. The first-order valence-corrected chi connectivity index (χ1v) is 41.8. The molecule has 100 heavy (non-hydrogen) atoms. The highest BCUT2D eigenvalue weighted by atomic mass is 31.2. The number of aliphatic hydroxyl groups is 1. The Labute approximate surface area is 606 Å². The minimum Gasteiger partial charge on any atom is -0.462 e. The molecule has 5 atom stereocenters. The molecule has 0 aromatic heterocycles. The smallest absolute Gasteiger partial charge is 0.462 e. The summed E-state index contributed by atoms with van der Waals surface area (Å²) in [5.41, 5.74) is 0. The molecule has 0 aliphatic rings. The number of unbranched alkanes of at least 4 members (excludes halogenated alkanes) is 26. The van der Waals surface area contributed by atoms with Crippen LogP contribution < -0.4 is 0 Å². The van der Waals surface area contributed by atoms with E-state index in [0.29, 0.717) is 32.1 Å². The molecule has 0 saturated carbocycles. The van der Waals surface area contributed by atoms with E-state index in [1.165, 1.54) is 70.6 Å². The Morgan fingerprint density at radius 2 is 0.540 bits per heavy atom. The third-order valence-corrected chi connectivity index (χ3v) is 17.8. The molecular formula is C81H138O17P2. The Morgan fingerprint density at radius 3 is 0.890 bits per heavy atom. The number of hydrogen-bond donors (Lipinski definition) is 3. The zero-order valence-corrected chi connectivity index (χ0v) is 64.4. The first-order chi connectivity index (χ1) is 48.7. The zero-order valence-electron chi connectivity index (χ0n) is 62.6. The largest absolute Gasteiger partial charge is 0.472 e. The second-order valence-corrected chi connectivity index (χ2v) is 28.5. The molecule has 0 bridgehead atoms. The van der Waals surface area contributed by atoms with Crippen LogP contribution in [0.1, 0.15) is 310 Å². The van der Waals surface area contributed by atoms with Gasteiger partial charge in [0.05, 0.1) is 26.4 Å². The van der Waals surface area contributed by atoms with Gasteiger partial charge in [-0.05, 0) is 148 Å². The predicted molar refractivity (Wildman–Crippen MR) is 408 cm³/mol. The van der Waals surface area contributed by atoms with Crippen LogP contribution in [0.2, 0.25) is 0 Å². The Morgan fingerprint density at radius 1 is 0.290 bits per heavy atom. The monoisotopic (exact) mass is 1440 g/mol. The molecule has 0 aromatic carbocycles. The summed E-state index contributed by atoms with van der Waals surface area (Å²) in [5.74, 6) is -2.30. The minimum absolute atomic E-state index is 0.0356. The van der Waals surface area contributed by atoms with Crippen molar-refractivity contribution in [1.29, 1.82) is 0 Å². The first-order valence-electron chi connectivity index (χ1n) is 38.8. The van der Waals surface area contributed by atoms with Crippen LogP contribution in [-0.2, 0) is 65.4 Å². The van der Waals surface area contributed by atoms with E-state index in [9.17, 15) is 43.2 Å². The summed E-state index contributed by atoms with van der Waals surface area (Å²) in [7, 11) is -9.98. The van der Waals surface area contributed by atoms with E-state index in [1.54, 1.807) is 0 Å². The average Bonchev–Trinajstić information content (AvgIpc) is 0.934. The summed E-state index contributed by atoms with van der Waals surface area (Å²) in [4.78, 5) is 72.8. The van der Waals surface area contributed by atoms with Crippen molar-refractivity contribution in [2.24, 2.45) is 0 Å². The Kier molecular flexibility index (Phi) is 69.5. The maximum atomic E-state index is 13.1. The molecule has 574 valence electrons. The van der Waals surface area contributed by atoms with Gasteiger partial charge < -0.3 is 33.8 Å². The van der Waals surface area contributed by atoms with Crippen LogP contribution >= 0.6 is 15.6 Å². The normalized spacial score (nSPS) is 14.6. The molecule has 19 heteroatoms. The Balaban J connectivity index is 5.44. The summed E-state index contributed by atoms with van der Waals surface area (Å²) in [6.45, 7) is 4.59. The highest BCUT2D eigenvalue weighted by molar-refractivity contribution is 7.47. The van der Waals surface area contributed by atoms with Crippen molar-refractivity contribution in [3.05, 3.63) is 122 Å². The number of carbonyl (C=O) groups is 4. The van der Waals surface area contributed by atoms with Crippen molar-refractivity contribution in [1.82, 2.24) is 0 Å². The standard InChI is InChI=1S/C81H138O17P2/c1-5-9-13-17-21-25-29-33-35-36-37-38-40-44-48-52-56-60-64-68-81(86)98-77(72-92-79(84)66-62-58-54-50-46-43-39-34-30-26-22-18-14-10-6-2)74-96-100(89,90)94-70-75(82)69-93-99(87,88)95-73-76(97-80(85)67-63-59-55-51-47-42-32-28-24-20-16-12-8-4)71-91-78(83)65-61-57-53-49-45-41-31-27-23-19-15-11-7-3/h9,13,21-22,25-28,31-35,37-39,44,48,56,60,75-77,82H,5-8,10-12,14-20,23-24,29-30,36,40-43,45-47,49-55,57-59,61-74H2,1-4H3,(H,87,88)(H,89,90)/b13-9-,25-21-,26-22-,31-27-,32-28-,35-33-,38-37-,39-34-,48-44-,60-56-/t75-,76+,77+/m0/s1. The zero-order chi connectivity index (χ0) is 73.2. The van der Waals surface area contributed by atoms with E-state index < -0.39 is 97.5 Å². The highest BCUT2D eigenvalue weighted by Crippen LogP contribution is 2.45. The van der Waals surface area contributed by atoms with Gasteiger partial charge in [-0.25, -0.2) is 9.13 Å². The number of phosphoric acid groups is 2. The highest BCUT2D eigenvalue weighted by Gasteiger charge is 2.30. The van der Waals surface area contributed by atoms with E-state index in [1.807, 2.05) is 18.2 Å². The number of hydrogen-bond acceptors (Lipinski definition) is 15. The molecule has 17 nitrogen and oxygen atoms in total. The van der Waals surface area contributed by atoms with Crippen LogP contribution in [0.25, 0.3) is 0 Å². The van der Waals surface area contributed by atoms with Crippen molar-refractivity contribution < 1.29 is 80.2 Å². The van der Waals surface area contributed by atoms with Gasteiger partial charge in [0.25, 0.3) is 0 Å². The van der Waals surface area contributed by atoms with Gasteiger partial charge in [0.2, 0.25) is 0 Å². The molecule has 0 spiro atoms. The summed E-state index contributed by atoms with van der Waals surface area (Å²) >= 11 is 0. The van der Waals surface area contributed by atoms with Gasteiger partial charge in [-0.2, -0.15) is 0 Å². The molecule has 0 heterocycles. The molecule has 0 amide bonds. The molecule has 0 aliphatic heterocycles. The SMILES string of the molecule is CC/C=C\C/C=C\C/C=C\C/C=C\C/C=C\C/C=C\CCC(=O)O[C@H](COC(=O)CCCCCCC/C=C\C/C=C\CCCCC)COP(=O)(O)OC[C@@H](O)COP(=O)(O)OC[C@@H](COC(=O)CCCCCCC/C=C\CCCCCC)OC(=O)CCCCCCC/C=C\CCCCCC. The van der Waals surface area contributed by atoms with E-state index in [-0.39, 0.29) is 25.7 Å². The van der Waals surface area contributed by atoms with Gasteiger partial charge in [0, 0.05) is 25.7 Å². The topological polar surface area (TPSA) is 237 Å². The molecule has 0 rings (SSSR count). The van der Waals surface area contributed by atoms with Crippen LogP contribution in [0.4, 0.5) is 0 Å². The van der Waals surface area contributed by atoms with Crippen molar-refractivity contribution in [2.75, 3.05) is 39.6 Å². The average molecular weight is 1450 g/mol. The number of phosphoric ester groups is 2. The van der Waals surface area contributed by atoms with Crippen molar-refractivity contribution >= 4 is 39.5 Å². The lowest BCUT2D eigenvalue weighted by atomic mass is 10.1. The number of allylic oxidation sites excluding steroid dienone is 20. The number of carbonyl (C=O) groups excluding carboxylic acids is 4. The maximum Gasteiger partial charge on any atom is 0.472 e. The lowest BCUT2D eigenvalue weighted by Crippen LogP contribution is -2.30. The molecule has 0 fully saturated rings. The van der Waals surface area contributed by atoms with E-state index in [0.717, 1.165) is 154 Å². The second kappa shape index (κ2) is 72.8. The lowest BCUT2D eigenvalue weighted by molar-refractivity contribution is -0.161. The Bertz CT molecular complexity index is 2370. The minimum atomic E-state index is -5.00. The van der Waals surface area contributed by atoms with Crippen LogP contribution in [0, 0.1) is 0 Å². The molecule has 2 unspecified atom stereocenters. The van der Waals surface area contributed by atoms with E-state index in [4.69, 9.17) is 37.0 Å². The lowest BCUT2D eigenvalue weighted by Gasteiger charge is -2.21.